The Morgan fingerprint density at radius 1 is 1.31 bits per heavy atom. The van der Waals surface area contributed by atoms with E-state index in [-0.39, 0.29) is 23.6 Å². The Morgan fingerprint density at radius 3 is 2.94 bits per heavy atom. The quantitative estimate of drug-likeness (QED) is 0.526. The van der Waals surface area contributed by atoms with Crippen molar-refractivity contribution in [2.45, 2.75) is 39.0 Å². The third-order valence-corrected chi connectivity index (χ3v) is 5.51. The third-order valence-electron chi connectivity index (χ3n) is 5.51. The van der Waals surface area contributed by atoms with Crippen molar-refractivity contribution >= 4 is 33.8 Å². The van der Waals surface area contributed by atoms with Crippen LogP contribution in [0, 0.1) is 0 Å². The minimum atomic E-state index is -0.447. The molecule has 0 atom stereocenters. The zero-order chi connectivity index (χ0) is 22.5. The summed E-state index contributed by atoms with van der Waals surface area (Å²) in [6.07, 6.45) is 2.00. The van der Waals surface area contributed by atoms with Crippen LogP contribution in [0.4, 0.5) is 5.69 Å². The van der Waals surface area contributed by atoms with Crippen molar-refractivity contribution in [3.05, 3.63) is 58.3 Å². The van der Waals surface area contributed by atoms with Gasteiger partial charge in [0.15, 0.2) is 0 Å². The van der Waals surface area contributed by atoms with Gasteiger partial charge in [0.1, 0.15) is 17.8 Å². The minimum absolute atomic E-state index is 0.0719. The Bertz CT molecular complexity index is 1420. The standard InChI is InChI=1S/C23H22N4O5/c1-23(2)9-16-13(11-31-23)8-14-19-20(32-21(14)26-16)22(29)27(12-24-19)10-18(28)25-15-6-4-5-7-17(15)30-3/h4-8,12H,9-11H2,1-3H3,(H,25,28). The number of hydrogen-bond acceptors (Lipinski definition) is 7. The third kappa shape index (κ3) is 3.50. The highest BCUT2D eigenvalue weighted by Gasteiger charge is 2.28. The maximum atomic E-state index is 13.0. The lowest BCUT2D eigenvalue weighted by atomic mass is 9.95. The number of nitrogens with zero attached hydrogens (tertiary/aromatic N) is 3. The average molecular weight is 434 g/mol. The normalized spacial score (nSPS) is 15.0. The SMILES string of the molecule is COc1ccccc1NC(=O)Cn1cnc2c(oc3nc4c(cc32)COC(C)(C)C4)c1=O. The zero-order valence-corrected chi connectivity index (χ0v) is 18.0. The first-order valence-electron chi connectivity index (χ1n) is 10.2. The number of anilines is 1. The summed E-state index contributed by atoms with van der Waals surface area (Å²) in [5.74, 6) is 0.142. The number of hydrogen-bond donors (Lipinski definition) is 1. The van der Waals surface area contributed by atoms with Crippen molar-refractivity contribution in [3.8, 4) is 5.75 Å². The Hall–Kier alpha value is -3.72. The predicted octanol–water partition coefficient (Wildman–Crippen LogP) is 3.04. The van der Waals surface area contributed by atoms with Crippen LogP contribution in [-0.2, 0) is 29.1 Å². The molecule has 5 rings (SSSR count). The second-order valence-corrected chi connectivity index (χ2v) is 8.38. The molecule has 1 aromatic carbocycles. The molecule has 4 aromatic rings. The second-order valence-electron chi connectivity index (χ2n) is 8.38. The first kappa shape index (κ1) is 20.2. The average Bonchev–Trinajstić information content (AvgIpc) is 3.12. The molecule has 1 aliphatic heterocycles. The topological polar surface area (TPSA) is 108 Å². The van der Waals surface area contributed by atoms with E-state index in [2.05, 4.69) is 15.3 Å². The smallest absolute Gasteiger partial charge is 0.297 e. The van der Waals surface area contributed by atoms with E-state index in [1.54, 1.807) is 24.3 Å². The summed E-state index contributed by atoms with van der Waals surface area (Å²) in [6, 6.07) is 8.97. The lowest BCUT2D eigenvalue weighted by Gasteiger charge is -2.30. The van der Waals surface area contributed by atoms with Gasteiger partial charge >= 0.3 is 0 Å². The Balaban J connectivity index is 1.48. The summed E-state index contributed by atoms with van der Waals surface area (Å²) < 4.78 is 18.1. The summed E-state index contributed by atoms with van der Waals surface area (Å²) in [6.45, 7) is 4.24. The Labute approximate surface area is 183 Å². The fourth-order valence-corrected chi connectivity index (χ4v) is 3.88. The molecule has 0 saturated heterocycles. The molecule has 0 saturated carbocycles. The van der Waals surface area contributed by atoms with Gasteiger partial charge in [0, 0.05) is 12.0 Å². The van der Waals surface area contributed by atoms with Gasteiger partial charge in [-0.3, -0.25) is 14.2 Å². The number of carbonyl (C=O) groups excluding carboxylic acids is 1. The fraction of sp³-hybridized carbons (Fsp3) is 0.304. The van der Waals surface area contributed by atoms with Crippen LogP contribution in [0.15, 0.2) is 45.9 Å². The number of amides is 1. The van der Waals surface area contributed by atoms with Crippen LogP contribution in [0.2, 0.25) is 0 Å². The number of para-hydroxylation sites is 2. The molecular weight excluding hydrogens is 412 g/mol. The van der Waals surface area contributed by atoms with Gasteiger partial charge in [0.05, 0.1) is 42.4 Å². The number of rotatable bonds is 4. The molecule has 0 spiro atoms. The van der Waals surface area contributed by atoms with Crippen molar-refractivity contribution in [2.24, 2.45) is 0 Å². The van der Waals surface area contributed by atoms with Crippen LogP contribution < -0.4 is 15.6 Å². The molecule has 1 N–H and O–H groups in total. The number of benzene rings is 1. The van der Waals surface area contributed by atoms with Crippen LogP contribution in [-0.4, -0.2) is 33.2 Å². The maximum Gasteiger partial charge on any atom is 0.297 e. The molecule has 0 radical (unpaired) electrons. The summed E-state index contributed by atoms with van der Waals surface area (Å²) in [5, 5.41) is 3.41. The second kappa shape index (κ2) is 7.45. The molecule has 0 unspecified atom stereocenters. The van der Waals surface area contributed by atoms with Crippen molar-refractivity contribution < 1.29 is 18.7 Å². The monoisotopic (exact) mass is 434 g/mol. The highest BCUT2D eigenvalue weighted by Crippen LogP contribution is 2.32. The van der Waals surface area contributed by atoms with Crippen molar-refractivity contribution in [3.63, 3.8) is 0 Å². The van der Waals surface area contributed by atoms with E-state index in [9.17, 15) is 9.59 Å². The van der Waals surface area contributed by atoms with E-state index in [4.69, 9.17) is 13.9 Å². The number of ether oxygens (including phenoxy) is 2. The first-order chi connectivity index (χ1) is 15.3. The zero-order valence-electron chi connectivity index (χ0n) is 18.0. The molecule has 0 aliphatic carbocycles. The van der Waals surface area contributed by atoms with Crippen molar-refractivity contribution in [1.29, 1.82) is 0 Å². The van der Waals surface area contributed by atoms with Crippen molar-refractivity contribution in [2.75, 3.05) is 12.4 Å². The molecule has 9 nitrogen and oxygen atoms in total. The van der Waals surface area contributed by atoms with E-state index in [1.807, 2.05) is 19.9 Å². The van der Waals surface area contributed by atoms with Crippen LogP contribution in [0.3, 0.4) is 0 Å². The molecule has 0 bridgehead atoms. The van der Waals surface area contributed by atoms with E-state index < -0.39 is 5.56 Å². The molecule has 1 aliphatic rings. The summed E-state index contributed by atoms with van der Waals surface area (Å²) in [5.41, 5.74) is 2.47. The van der Waals surface area contributed by atoms with Gasteiger partial charge in [-0.05, 0) is 32.0 Å². The highest BCUT2D eigenvalue weighted by molar-refractivity contribution is 6.01. The van der Waals surface area contributed by atoms with E-state index >= 15 is 0 Å². The van der Waals surface area contributed by atoms with Gasteiger partial charge in [-0.1, -0.05) is 12.1 Å². The number of carbonyl (C=O) groups is 1. The van der Waals surface area contributed by atoms with E-state index in [0.717, 1.165) is 11.3 Å². The van der Waals surface area contributed by atoms with Gasteiger partial charge in [-0.2, -0.15) is 0 Å². The number of furan rings is 1. The number of pyridine rings is 1. The molecule has 3 aromatic heterocycles. The van der Waals surface area contributed by atoms with E-state index in [1.165, 1.54) is 18.0 Å². The summed E-state index contributed by atoms with van der Waals surface area (Å²) in [7, 11) is 1.52. The van der Waals surface area contributed by atoms with Gasteiger partial charge in [0.2, 0.25) is 17.2 Å². The van der Waals surface area contributed by atoms with Crippen LogP contribution >= 0.6 is 0 Å². The van der Waals surface area contributed by atoms with Crippen LogP contribution in [0.1, 0.15) is 25.1 Å². The predicted molar refractivity (Wildman–Crippen MR) is 118 cm³/mol. The molecule has 4 heterocycles. The van der Waals surface area contributed by atoms with Crippen LogP contribution in [0.25, 0.3) is 22.2 Å². The number of fused-ring (bicyclic) bond motifs is 4. The molecular formula is C23H22N4O5. The maximum absolute atomic E-state index is 13.0. The van der Waals surface area contributed by atoms with Gasteiger partial charge in [-0.25, -0.2) is 9.97 Å². The Morgan fingerprint density at radius 2 is 2.12 bits per heavy atom. The number of aromatic nitrogens is 3. The number of nitrogens with one attached hydrogen (secondary N) is 1. The van der Waals surface area contributed by atoms with E-state index in [0.29, 0.717) is 41.1 Å². The fourth-order valence-electron chi connectivity index (χ4n) is 3.88. The lowest BCUT2D eigenvalue weighted by Crippen LogP contribution is -2.32. The Kier molecular flexibility index (Phi) is 4.70. The number of methoxy groups -OCH3 is 1. The molecule has 1 amide bonds. The van der Waals surface area contributed by atoms with Crippen LogP contribution in [0.5, 0.6) is 5.75 Å². The lowest BCUT2D eigenvalue weighted by molar-refractivity contribution is -0.116. The molecule has 32 heavy (non-hydrogen) atoms. The van der Waals surface area contributed by atoms with Gasteiger partial charge in [-0.15, -0.1) is 0 Å². The molecule has 0 fully saturated rings. The molecule has 164 valence electrons. The summed E-state index contributed by atoms with van der Waals surface area (Å²) >= 11 is 0. The highest BCUT2D eigenvalue weighted by atomic mass is 16.5. The minimum Gasteiger partial charge on any atom is -0.495 e. The van der Waals surface area contributed by atoms with Gasteiger partial charge in [0.25, 0.3) is 5.56 Å². The van der Waals surface area contributed by atoms with Gasteiger partial charge < -0.3 is 19.2 Å². The largest absolute Gasteiger partial charge is 0.495 e. The summed E-state index contributed by atoms with van der Waals surface area (Å²) in [4.78, 5) is 34.6. The first-order valence-corrected chi connectivity index (χ1v) is 10.2. The molecule has 9 heteroatoms. The van der Waals surface area contributed by atoms with Crippen molar-refractivity contribution in [1.82, 2.24) is 14.5 Å².